The van der Waals surface area contributed by atoms with Gasteiger partial charge in [-0.2, -0.15) is 0 Å². The van der Waals surface area contributed by atoms with Crippen molar-refractivity contribution < 1.29 is 0 Å². The Morgan fingerprint density at radius 2 is 1.90 bits per heavy atom. The van der Waals surface area contributed by atoms with Gasteiger partial charge in [-0.25, -0.2) is 0 Å². The van der Waals surface area contributed by atoms with Crippen molar-refractivity contribution in [2.45, 2.75) is 13.3 Å². The van der Waals surface area contributed by atoms with Crippen LogP contribution in [0.15, 0.2) is 66.4 Å². The highest BCUT2D eigenvalue weighted by molar-refractivity contribution is 7.25. The monoisotopic (exact) mass is 279 g/mol. The lowest BCUT2D eigenvalue weighted by Crippen LogP contribution is -1.83. The minimum atomic E-state index is 0.941. The van der Waals surface area contributed by atoms with Gasteiger partial charge in [0.25, 0.3) is 0 Å². The molecule has 0 aliphatic heterocycles. The number of nitrogens with two attached hydrogens (primary N) is 1. The summed E-state index contributed by atoms with van der Waals surface area (Å²) in [4.78, 5) is 0. The highest BCUT2D eigenvalue weighted by Crippen LogP contribution is 2.34. The van der Waals surface area contributed by atoms with E-state index in [0.29, 0.717) is 0 Å². The van der Waals surface area contributed by atoms with Gasteiger partial charge in [-0.1, -0.05) is 35.9 Å². The van der Waals surface area contributed by atoms with Crippen LogP contribution in [0.1, 0.15) is 12.5 Å². The van der Waals surface area contributed by atoms with Crippen LogP contribution in [0.2, 0.25) is 0 Å². The topological polar surface area (TPSA) is 26.0 Å². The van der Waals surface area contributed by atoms with E-state index in [1.807, 2.05) is 17.4 Å². The third-order valence-corrected chi connectivity index (χ3v) is 4.61. The van der Waals surface area contributed by atoms with Gasteiger partial charge < -0.3 is 5.73 Å². The van der Waals surface area contributed by atoms with Crippen LogP contribution in [0, 0.1) is 0 Å². The molecule has 20 heavy (non-hydrogen) atoms. The smallest absolute Gasteiger partial charge is 0.0355 e. The van der Waals surface area contributed by atoms with Gasteiger partial charge >= 0.3 is 0 Å². The molecule has 2 heteroatoms. The summed E-state index contributed by atoms with van der Waals surface area (Å²) in [6.07, 6.45) is 6.66. The summed E-state index contributed by atoms with van der Waals surface area (Å²) in [5.74, 6) is 0. The summed E-state index contributed by atoms with van der Waals surface area (Å²) in [6.45, 7) is 2.07. The SMILES string of the molecule is CC(/C=C\N)=C/Cc1ccc2sc3ccccc3c2c1. The van der Waals surface area contributed by atoms with E-state index in [-0.39, 0.29) is 0 Å². The number of benzene rings is 2. The molecule has 1 nitrogen and oxygen atoms in total. The fourth-order valence-electron chi connectivity index (χ4n) is 2.40. The molecule has 1 heterocycles. The average molecular weight is 279 g/mol. The zero-order valence-corrected chi connectivity index (χ0v) is 12.3. The standard InChI is InChI=1S/C18H17NS/c1-13(10-11-19)6-7-14-8-9-18-16(12-14)15-4-2-3-5-17(15)20-18/h2-6,8-12H,7,19H2,1H3/b11-10-,13-6-. The molecule has 3 aromatic rings. The first-order chi connectivity index (χ1) is 9.78. The average Bonchev–Trinajstić information content (AvgIpc) is 2.83. The quantitative estimate of drug-likeness (QED) is 0.670. The number of fused-ring (bicyclic) bond motifs is 3. The van der Waals surface area contributed by atoms with Gasteiger partial charge in [-0.05, 0) is 49.4 Å². The van der Waals surface area contributed by atoms with Crippen LogP contribution in [0.4, 0.5) is 0 Å². The first-order valence-corrected chi connectivity index (χ1v) is 7.55. The molecule has 0 amide bonds. The summed E-state index contributed by atoms with van der Waals surface area (Å²) in [7, 11) is 0. The Labute approximate surface area is 123 Å². The largest absolute Gasteiger partial charge is 0.405 e. The van der Waals surface area contributed by atoms with Crippen LogP contribution in [-0.4, -0.2) is 0 Å². The predicted octanol–water partition coefficient (Wildman–Crippen LogP) is 5.02. The fourth-order valence-corrected chi connectivity index (χ4v) is 3.49. The fraction of sp³-hybridized carbons (Fsp3) is 0.111. The van der Waals surface area contributed by atoms with Gasteiger partial charge in [0.2, 0.25) is 0 Å². The molecular weight excluding hydrogens is 262 g/mol. The Balaban J connectivity index is 2.01. The molecule has 0 aliphatic rings. The Morgan fingerprint density at radius 3 is 2.75 bits per heavy atom. The molecular formula is C18H17NS. The molecule has 0 fully saturated rings. The molecule has 0 spiro atoms. The Kier molecular flexibility index (Phi) is 3.57. The molecule has 0 radical (unpaired) electrons. The van der Waals surface area contributed by atoms with Crippen LogP contribution >= 0.6 is 11.3 Å². The molecule has 2 aromatic carbocycles. The first kappa shape index (κ1) is 12.9. The van der Waals surface area contributed by atoms with Gasteiger partial charge in [0.05, 0.1) is 0 Å². The van der Waals surface area contributed by atoms with Crippen LogP contribution in [0.3, 0.4) is 0 Å². The molecule has 0 saturated heterocycles. The molecule has 100 valence electrons. The van der Waals surface area contributed by atoms with E-state index < -0.39 is 0 Å². The lowest BCUT2D eigenvalue weighted by Gasteiger charge is -1.99. The first-order valence-electron chi connectivity index (χ1n) is 6.73. The Bertz CT molecular complexity index is 809. The van der Waals surface area contributed by atoms with Crippen LogP contribution in [-0.2, 0) is 6.42 Å². The minimum absolute atomic E-state index is 0.941. The Morgan fingerprint density at radius 1 is 1.10 bits per heavy atom. The van der Waals surface area contributed by atoms with Crippen molar-refractivity contribution in [1.82, 2.24) is 0 Å². The summed E-state index contributed by atoms with van der Waals surface area (Å²) in [5.41, 5.74) is 7.94. The lowest BCUT2D eigenvalue weighted by molar-refractivity contribution is 1.25. The number of hydrogen-bond acceptors (Lipinski definition) is 2. The van der Waals surface area contributed by atoms with Crippen LogP contribution < -0.4 is 5.73 Å². The normalized spacial score (nSPS) is 12.8. The molecule has 3 rings (SSSR count). The third-order valence-electron chi connectivity index (χ3n) is 3.46. The van der Waals surface area contributed by atoms with E-state index in [0.717, 1.165) is 6.42 Å². The molecule has 0 aliphatic carbocycles. The summed E-state index contributed by atoms with van der Waals surface area (Å²) < 4.78 is 2.72. The Hall–Kier alpha value is -2.06. The number of thiophene rings is 1. The van der Waals surface area contributed by atoms with Crippen LogP contribution in [0.5, 0.6) is 0 Å². The molecule has 0 saturated carbocycles. The molecule has 2 N–H and O–H groups in total. The van der Waals surface area contributed by atoms with Crippen molar-refractivity contribution in [3.8, 4) is 0 Å². The van der Waals surface area contributed by atoms with Crippen molar-refractivity contribution in [3.05, 3.63) is 72.0 Å². The molecule has 1 aromatic heterocycles. The predicted molar refractivity (Wildman–Crippen MR) is 90.1 cm³/mol. The summed E-state index contributed by atoms with van der Waals surface area (Å²) in [5, 5.41) is 2.72. The lowest BCUT2D eigenvalue weighted by atomic mass is 10.1. The number of allylic oxidation sites excluding steroid dienone is 3. The third kappa shape index (κ3) is 2.47. The van der Waals surface area contributed by atoms with E-state index in [9.17, 15) is 0 Å². The van der Waals surface area contributed by atoms with Gasteiger partial charge in [-0.3, -0.25) is 0 Å². The minimum Gasteiger partial charge on any atom is -0.405 e. The number of rotatable bonds is 3. The van der Waals surface area contributed by atoms with Gasteiger partial charge in [0.15, 0.2) is 0 Å². The summed E-state index contributed by atoms with van der Waals surface area (Å²) >= 11 is 1.86. The maximum absolute atomic E-state index is 5.40. The van der Waals surface area contributed by atoms with E-state index in [4.69, 9.17) is 5.73 Å². The molecule has 0 bridgehead atoms. The van der Waals surface area contributed by atoms with Crippen LogP contribution in [0.25, 0.3) is 20.2 Å². The molecule has 0 atom stereocenters. The van der Waals surface area contributed by atoms with Gasteiger partial charge in [0, 0.05) is 20.2 Å². The van der Waals surface area contributed by atoms with E-state index >= 15 is 0 Å². The van der Waals surface area contributed by atoms with Crippen molar-refractivity contribution >= 4 is 31.5 Å². The van der Waals surface area contributed by atoms with E-state index in [1.165, 1.54) is 31.3 Å². The van der Waals surface area contributed by atoms with Gasteiger partial charge in [-0.15, -0.1) is 11.3 Å². The van der Waals surface area contributed by atoms with Crippen molar-refractivity contribution in [1.29, 1.82) is 0 Å². The van der Waals surface area contributed by atoms with E-state index in [2.05, 4.69) is 55.5 Å². The second kappa shape index (κ2) is 5.51. The van der Waals surface area contributed by atoms with Crippen molar-refractivity contribution in [3.63, 3.8) is 0 Å². The number of hydrogen-bond donors (Lipinski definition) is 1. The highest BCUT2D eigenvalue weighted by atomic mass is 32.1. The molecule has 0 unspecified atom stereocenters. The van der Waals surface area contributed by atoms with Crippen molar-refractivity contribution in [2.75, 3.05) is 0 Å². The maximum atomic E-state index is 5.40. The second-order valence-electron chi connectivity index (χ2n) is 4.94. The zero-order chi connectivity index (χ0) is 13.9. The van der Waals surface area contributed by atoms with E-state index in [1.54, 1.807) is 6.20 Å². The second-order valence-corrected chi connectivity index (χ2v) is 6.02. The maximum Gasteiger partial charge on any atom is 0.0355 e. The van der Waals surface area contributed by atoms with Gasteiger partial charge in [0.1, 0.15) is 0 Å². The zero-order valence-electron chi connectivity index (χ0n) is 11.5. The van der Waals surface area contributed by atoms with Crippen molar-refractivity contribution in [2.24, 2.45) is 5.73 Å². The highest BCUT2D eigenvalue weighted by Gasteiger charge is 2.04. The summed E-state index contributed by atoms with van der Waals surface area (Å²) in [6, 6.07) is 15.4.